The van der Waals surface area contributed by atoms with Gasteiger partial charge >= 0.3 is 0 Å². The highest BCUT2D eigenvalue weighted by Crippen LogP contribution is 2.02. The molecule has 0 radical (unpaired) electrons. The molecule has 102 valence electrons. The number of carbonyl (C=O) groups excluding carboxylic acids is 1. The van der Waals surface area contributed by atoms with E-state index < -0.39 is 15.9 Å². The molecule has 0 rings (SSSR count). The first-order valence-electron chi connectivity index (χ1n) is 5.38. The van der Waals surface area contributed by atoms with E-state index in [0.717, 1.165) is 6.26 Å². The third kappa shape index (κ3) is 6.60. The molecule has 17 heavy (non-hydrogen) atoms. The molecule has 2 N–H and O–H groups in total. The molecule has 0 spiro atoms. The number of nitrogens with zero attached hydrogens (tertiary/aromatic N) is 1. The number of nitrogens with two attached hydrogens (primary N) is 1. The van der Waals surface area contributed by atoms with E-state index >= 15 is 0 Å². The standard InChI is InChI=1S/C10H22N2O4S/c1-8(7-16-3)12(2)10(13)9(11)5-6-17(4,14)15/h8-9H,5-7,11H2,1-4H3. The maximum Gasteiger partial charge on any atom is 0.239 e. The Hall–Kier alpha value is -0.660. The van der Waals surface area contributed by atoms with E-state index in [4.69, 9.17) is 10.5 Å². The van der Waals surface area contributed by atoms with Gasteiger partial charge in [-0.2, -0.15) is 0 Å². The molecular weight excluding hydrogens is 244 g/mol. The number of hydrogen-bond acceptors (Lipinski definition) is 5. The average Bonchev–Trinajstić information content (AvgIpc) is 2.23. The normalized spacial score (nSPS) is 15.4. The maximum atomic E-state index is 11.8. The number of ether oxygens (including phenoxy) is 1. The number of methoxy groups -OCH3 is 1. The summed E-state index contributed by atoms with van der Waals surface area (Å²) in [7, 11) is 0.101. The van der Waals surface area contributed by atoms with Crippen LogP contribution in [0.2, 0.25) is 0 Å². The van der Waals surface area contributed by atoms with Crippen molar-refractivity contribution in [3.63, 3.8) is 0 Å². The van der Waals surface area contributed by atoms with Crippen LogP contribution in [0, 0.1) is 0 Å². The van der Waals surface area contributed by atoms with Crippen LogP contribution < -0.4 is 5.73 Å². The molecule has 0 fully saturated rings. The first-order valence-corrected chi connectivity index (χ1v) is 7.44. The Kier molecular flexibility index (Phi) is 6.66. The molecule has 0 aliphatic rings. The Labute approximate surface area is 103 Å². The van der Waals surface area contributed by atoms with Crippen molar-refractivity contribution in [1.29, 1.82) is 0 Å². The van der Waals surface area contributed by atoms with Crippen LogP contribution in [0.3, 0.4) is 0 Å². The highest BCUT2D eigenvalue weighted by atomic mass is 32.2. The monoisotopic (exact) mass is 266 g/mol. The fourth-order valence-electron chi connectivity index (χ4n) is 1.30. The van der Waals surface area contributed by atoms with E-state index in [2.05, 4.69) is 0 Å². The molecule has 0 bridgehead atoms. The number of likely N-dealkylation sites (N-methyl/N-ethyl adjacent to an activating group) is 1. The Bertz CT molecular complexity index is 342. The van der Waals surface area contributed by atoms with Crippen LogP contribution in [0.25, 0.3) is 0 Å². The Morgan fingerprint density at radius 1 is 1.47 bits per heavy atom. The van der Waals surface area contributed by atoms with E-state index in [1.807, 2.05) is 6.92 Å². The van der Waals surface area contributed by atoms with Crippen molar-refractivity contribution in [2.75, 3.05) is 32.8 Å². The second-order valence-electron chi connectivity index (χ2n) is 4.28. The lowest BCUT2D eigenvalue weighted by atomic mass is 10.2. The van der Waals surface area contributed by atoms with Gasteiger partial charge < -0.3 is 15.4 Å². The lowest BCUT2D eigenvalue weighted by Gasteiger charge is -2.27. The van der Waals surface area contributed by atoms with Crippen LogP contribution in [0.5, 0.6) is 0 Å². The van der Waals surface area contributed by atoms with Crippen molar-refractivity contribution < 1.29 is 17.9 Å². The third-order valence-corrected chi connectivity index (χ3v) is 3.51. The Morgan fingerprint density at radius 2 is 2.00 bits per heavy atom. The van der Waals surface area contributed by atoms with Gasteiger partial charge in [0.1, 0.15) is 9.84 Å². The van der Waals surface area contributed by atoms with Crippen molar-refractivity contribution in [2.45, 2.75) is 25.4 Å². The first-order chi connectivity index (χ1) is 7.69. The summed E-state index contributed by atoms with van der Waals surface area (Å²) in [5.74, 6) is -0.343. The van der Waals surface area contributed by atoms with Crippen LogP contribution in [0.4, 0.5) is 0 Å². The first kappa shape index (κ1) is 16.3. The van der Waals surface area contributed by atoms with Gasteiger partial charge in [-0.15, -0.1) is 0 Å². The lowest BCUT2D eigenvalue weighted by Crippen LogP contribution is -2.47. The van der Waals surface area contributed by atoms with Gasteiger partial charge in [0.15, 0.2) is 0 Å². The zero-order valence-corrected chi connectivity index (χ0v) is 11.7. The molecule has 2 atom stereocenters. The molecule has 0 heterocycles. The summed E-state index contributed by atoms with van der Waals surface area (Å²) >= 11 is 0. The third-order valence-electron chi connectivity index (χ3n) is 2.53. The number of amides is 1. The van der Waals surface area contributed by atoms with Crippen LogP contribution in [0.15, 0.2) is 0 Å². The fourth-order valence-corrected chi connectivity index (χ4v) is 1.98. The van der Waals surface area contributed by atoms with Crippen LogP contribution in [0.1, 0.15) is 13.3 Å². The van der Waals surface area contributed by atoms with E-state index in [1.165, 1.54) is 4.90 Å². The average molecular weight is 266 g/mol. The molecular formula is C10H22N2O4S. The van der Waals surface area contributed by atoms with Crippen molar-refractivity contribution >= 4 is 15.7 Å². The molecule has 2 unspecified atom stereocenters. The minimum Gasteiger partial charge on any atom is -0.383 e. The second kappa shape index (κ2) is 6.93. The SMILES string of the molecule is COCC(C)N(C)C(=O)C(N)CCS(C)(=O)=O. The molecule has 6 nitrogen and oxygen atoms in total. The topological polar surface area (TPSA) is 89.7 Å². The molecule has 0 aromatic heterocycles. The molecule has 0 aromatic carbocycles. The number of hydrogen-bond donors (Lipinski definition) is 1. The summed E-state index contributed by atoms with van der Waals surface area (Å²) < 4.78 is 26.9. The zero-order chi connectivity index (χ0) is 13.6. The second-order valence-corrected chi connectivity index (χ2v) is 6.54. The van der Waals surface area contributed by atoms with Gasteiger partial charge in [-0.25, -0.2) is 8.42 Å². The van der Waals surface area contributed by atoms with Crippen LogP contribution in [-0.2, 0) is 19.4 Å². The summed E-state index contributed by atoms with van der Waals surface area (Å²) in [5.41, 5.74) is 5.66. The minimum atomic E-state index is -3.08. The summed E-state index contributed by atoms with van der Waals surface area (Å²) in [5, 5.41) is 0. The molecule has 0 saturated heterocycles. The van der Waals surface area contributed by atoms with Crippen molar-refractivity contribution in [1.82, 2.24) is 4.90 Å². The van der Waals surface area contributed by atoms with Gasteiger partial charge in [0, 0.05) is 20.4 Å². The molecule has 0 aromatic rings. The number of rotatable bonds is 7. The quantitative estimate of drug-likeness (QED) is 0.654. The van der Waals surface area contributed by atoms with Crippen molar-refractivity contribution in [2.24, 2.45) is 5.73 Å². The molecule has 0 aliphatic carbocycles. The molecule has 0 saturated carbocycles. The van der Waals surface area contributed by atoms with E-state index in [9.17, 15) is 13.2 Å². The maximum absolute atomic E-state index is 11.8. The van der Waals surface area contributed by atoms with Crippen molar-refractivity contribution in [3.05, 3.63) is 0 Å². The Morgan fingerprint density at radius 3 is 2.41 bits per heavy atom. The largest absolute Gasteiger partial charge is 0.383 e. The molecule has 7 heteroatoms. The summed E-state index contributed by atoms with van der Waals surface area (Å²) in [6, 6.07) is -0.870. The van der Waals surface area contributed by atoms with Crippen LogP contribution in [-0.4, -0.2) is 64.1 Å². The smallest absolute Gasteiger partial charge is 0.239 e. The van der Waals surface area contributed by atoms with Gasteiger partial charge in [-0.1, -0.05) is 0 Å². The molecule has 0 aliphatic heterocycles. The zero-order valence-electron chi connectivity index (χ0n) is 10.8. The highest BCUT2D eigenvalue weighted by molar-refractivity contribution is 7.90. The summed E-state index contributed by atoms with van der Waals surface area (Å²) in [4.78, 5) is 13.3. The van der Waals surface area contributed by atoms with Crippen molar-refractivity contribution in [3.8, 4) is 0 Å². The number of carbonyl (C=O) groups is 1. The predicted octanol–water partition coefficient (Wildman–Crippen LogP) is -0.758. The number of sulfone groups is 1. The molecule has 1 amide bonds. The van der Waals surface area contributed by atoms with Gasteiger partial charge in [-0.3, -0.25) is 4.79 Å². The lowest BCUT2D eigenvalue weighted by molar-refractivity contribution is -0.134. The van der Waals surface area contributed by atoms with Gasteiger partial charge in [0.05, 0.1) is 24.4 Å². The fraction of sp³-hybridized carbons (Fsp3) is 0.900. The van der Waals surface area contributed by atoms with Gasteiger partial charge in [0.2, 0.25) is 5.91 Å². The van der Waals surface area contributed by atoms with E-state index in [-0.39, 0.29) is 24.1 Å². The van der Waals surface area contributed by atoms with Gasteiger partial charge in [0.25, 0.3) is 0 Å². The summed E-state index contributed by atoms with van der Waals surface area (Å²) in [6.07, 6.45) is 1.27. The predicted molar refractivity (Wildman–Crippen MR) is 66.4 cm³/mol. The Balaban J connectivity index is 4.30. The van der Waals surface area contributed by atoms with Gasteiger partial charge in [-0.05, 0) is 13.3 Å². The highest BCUT2D eigenvalue weighted by Gasteiger charge is 2.22. The van der Waals surface area contributed by atoms with E-state index in [0.29, 0.717) is 6.61 Å². The summed E-state index contributed by atoms with van der Waals surface area (Å²) in [6.45, 7) is 2.26. The minimum absolute atomic E-state index is 0.0770. The van der Waals surface area contributed by atoms with E-state index in [1.54, 1.807) is 14.2 Å². The van der Waals surface area contributed by atoms with Crippen LogP contribution >= 0.6 is 0 Å².